The molecule has 74 valence electrons. The fourth-order valence-electron chi connectivity index (χ4n) is 0.964. The predicted octanol–water partition coefficient (Wildman–Crippen LogP) is 3.02. The van der Waals surface area contributed by atoms with Crippen molar-refractivity contribution < 1.29 is 5.11 Å². The van der Waals surface area contributed by atoms with E-state index in [1.165, 1.54) is 0 Å². The molecule has 0 amide bonds. The number of aliphatic hydroxyl groups excluding tert-OH is 1. The van der Waals surface area contributed by atoms with Crippen LogP contribution in [0.3, 0.4) is 0 Å². The molecule has 0 heterocycles. The van der Waals surface area contributed by atoms with Gasteiger partial charge in [-0.1, -0.05) is 20.3 Å². The molecule has 1 N–H and O–H groups in total. The molecule has 3 atom stereocenters. The number of halogens is 2. The van der Waals surface area contributed by atoms with Crippen LogP contribution in [0.15, 0.2) is 0 Å². The van der Waals surface area contributed by atoms with Crippen molar-refractivity contribution in [2.75, 3.05) is 5.88 Å². The highest BCUT2D eigenvalue weighted by Crippen LogP contribution is 2.26. The van der Waals surface area contributed by atoms with Gasteiger partial charge in [-0.15, -0.1) is 23.2 Å². The summed E-state index contributed by atoms with van der Waals surface area (Å²) in [7, 11) is 0. The van der Waals surface area contributed by atoms with E-state index in [0.29, 0.717) is 18.2 Å². The Hall–Kier alpha value is 0.540. The smallest absolute Gasteiger partial charge is 0.0582 e. The van der Waals surface area contributed by atoms with E-state index >= 15 is 0 Å². The summed E-state index contributed by atoms with van der Waals surface area (Å²) in [4.78, 5) is -0.468. The number of aliphatic hydroxyl groups is 1. The van der Waals surface area contributed by atoms with Gasteiger partial charge in [0.05, 0.1) is 11.0 Å². The molecular weight excluding hydrogens is 195 g/mol. The average molecular weight is 213 g/mol. The molecule has 0 aliphatic carbocycles. The van der Waals surface area contributed by atoms with Crippen molar-refractivity contribution in [3.8, 4) is 0 Å². The average Bonchev–Trinajstić information content (AvgIpc) is 2.02. The van der Waals surface area contributed by atoms with Crippen LogP contribution in [0.5, 0.6) is 0 Å². The third-order valence-corrected chi connectivity index (χ3v) is 3.23. The van der Waals surface area contributed by atoms with Crippen molar-refractivity contribution in [1.29, 1.82) is 0 Å². The minimum absolute atomic E-state index is 0.297. The van der Waals surface area contributed by atoms with Crippen LogP contribution >= 0.6 is 23.2 Å². The van der Waals surface area contributed by atoms with Gasteiger partial charge in [0.15, 0.2) is 0 Å². The first-order valence-electron chi connectivity index (χ1n) is 4.36. The van der Waals surface area contributed by atoms with Crippen LogP contribution in [0.1, 0.15) is 33.6 Å². The molecule has 0 fully saturated rings. The van der Waals surface area contributed by atoms with Crippen molar-refractivity contribution >= 4 is 23.2 Å². The molecule has 0 aliphatic rings. The minimum atomic E-state index is -0.468. The summed E-state index contributed by atoms with van der Waals surface area (Å²) < 4.78 is 0. The van der Waals surface area contributed by atoms with Crippen LogP contribution in [0.4, 0.5) is 0 Å². The van der Waals surface area contributed by atoms with Gasteiger partial charge in [-0.2, -0.15) is 0 Å². The van der Waals surface area contributed by atoms with E-state index in [0.717, 1.165) is 6.42 Å². The molecule has 3 unspecified atom stereocenters. The highest BCUT2D eigenvalue weighted by Gasteiger charge is 2.25. The van der Waals surface area contributed by atoms with E-state index < -0.39 is 4.87 Å². The predicted molar refractivity (Wildman–Crippen MR) is 55.1 cm³/mol. The van der Waals surface area contributed by atoms with Crippen molar-refractivity contribution in [3.63, 3.8) is 0 Å². The molecule has 0 aliphatic heterocycles. The van der Waals surface area contributed by atoms with Gasteiger partial charge < -0.3 is 5.11 Å². The molecule has 0 rings (SSSR count). The number of hydrogen-bond donors (Lipinski definition) is 1. The quantitative estimate of drug-likeness (QED) is 0.696. The van der Waals surface area contributed by atoms with E-state index in [1.807, 2.05) is 13.8 Å². The van der Waals surface area contributed by atoms with Crippen LogP contribution in [0, 0.1) is 5.92 Å². The maximum absolute atomic E-state index is 9.64. The lowest BCUT2D eigenvalue weighted by Crippen LogP contribution is -2.29. The highest BCUT2D eigenvalue weighted by atomic mass is 35.5. The Labute approximate surface area is 85.1 Å². The highest BCUT2D eigenvalue weighted by molar-refractivity contribution is 6.30. The van der Waals surface area contributed by atoms with Crippen molar-refractivity contribution in [3.05, 3.63) is 0 Å². The number of alkyl halides is 2. The molecule has 0 saturated carbocycles. The summed E-state index contributed by atoms with van der Waals surface area (Å²) >= 11 is 11.7. The van der Waals surface area contributed by atoms with Gasteiger partial charge >= 0.3 is 0 Å². The molecule has 0 spiro atoms. The molecule has 0 aromatic heterocycles. The normalized spacial score (nSPS) is 21.5. The zero-order valence-corrected chi connectivity index (χ0v) is 9.49. The van der Waals surface area contributed by atoms with Gasteiger partial charge in [0, 0.05) is 5.88 Å². The molecule has 0 radical (unpaired) electrons. The number of rotatable bonds is 5. The second-order valence-electron chi connectivity index (χ2n) is 3.70. The first kappa shape index (κ1) is 12.5. The zero-order valence-electron chi connectivity index (χ0n) is 7.98. The lowest BCUT2D eigenvalue weighted by atomic mass is 9.94. The van der Waals surface area contributed by atoms with Gasteiger partial charge in [-0.3, -0.25) is 0 Å². The number of hydrogen-bond acceptors (Lipinski definition) is 1. The largest absolute Gasteiger partial charge is 0.393 e. The van der Waals surface area contributed by atoms with E-state index in [2.05, 4.69) is 6.92 Å². The molecule has 0 aromatic rings. The van der Waals surface area contributed by atoms with Crippen LogP contribution in [-0.4, -0.2) is 22.0 Å². The first-order valence-corrected chi connectivity index (χ1v) is 5.27. The summed E-state index contributed by atoms with van der Waals surface area (Å²) in [6.45, 7) is 5.93. The van der Waals surface area contributed by atoms with E-state index in [9.17, 15) is 5.11 Å². The van der Waals surface area contributed by atoms with Crippen molar-refractivity contribution in [2.24, 2.45) is 5.92 Å². The Morgan fingerprint density at radius 3 is 2.33 bits per heavy atom. The van der Waals surface area contributed by atoms with Crippen LogP contribution in [0.25, 0.3) is 0 Å². The molecule has 3 heteroatoms. The lowest BCUT2D eigenvalue weighted by molar-refractivity contribution is 0.0971. The van der Waals surface area contributed by atoms with E-state index in [1.54, 1.807) is 0 Å². The van der Waals surface area contributed by atoms with Crippen molar-refractivity contribution in [2.45, 2.75) is 44.6 Å². The van der Waals surface area contributed by atoms with Gasteiger partial charge in [0.1, 0.15) is 0 Å². The summed E-state index contributed by atoms with van der Waals surface area (Å²) in [5.41, 5.74) is 0. The second kappa shape index (κ2) is 5.31. The first-order chi connectivity index (χ1) is 5.43. The van der Waals surface area contributed by atoms with Gasteiger partial charge in [-0.05, 0) is 19.3 Å². The van der Waals surface area contributed by atoms with Gasteiger partial charge in [0.25, 0.3) is 0 Å². The second-order valence-corrected chi connectivity index (χ2v) is 4.88. The molecular formula is C9H18Cl2O. The summed E-state index contributed by atoms with van der Waals surface area (Å²) in [6.07, 6.45) is 1.19. The van der Waals surface area contributed by atoms with Gasteiger partial charge in [-0.25, -0.2) is 0 Å². The summed E-state index contributed by atoms with van der Waals surface area (Å²) in [5, 5.41) is 9.64. The monoisotopic (exact) mass is 212 g/mol. The van der Waals surface area contributed by atoms with Crippen LogP contribution in [0.2, 0.25) is 0 Å². The Bertz CT molecular complexity index is 126. The SMILES string of the molecule is CCC(C)C(O)CC(C)(Cl)CCl. The minimum Gasteiger partial charge on any atom is -0.393 e. The zero-order chi connectivity index (χ0) is 9.78. The van der Waals surface area contributed by atoms with Crippen molar-refractivity contribution in [1.82, 2.24) is 0 Å². The lowest BCUT2D eigenvalue weighted by Gasteiger charge is -2.25. The molecule has 0 bridgehead atoms. The maximum Gasteiger partial charge on any atom is 0.0582 e. The molecule has 12 heavy (non-hydrogen) atoms. The third-order valence-electron chi connectivity index (χ3n) is 2.21. The maximum atomic E-state index is 9.64. The fourth-order valence-corrected chi connectivity index (χ4v) is 1.23. The fraction of sp³-hybridized carbons (Fsp3) is 1.00. The van der Waals surface area contributed by atoms with Gasteiger partial charge in [0.2, 0.25) is 0 Å². The Kier molecular flexibility index (Phi) is 5.55. The molecule has 1 nitrogen and oxygen atoms in total. The van der Waals surface area contributed by atoms with Crippen LogP contribution in [-0.2, 0) is 0 Å². The third kappa shape index (κ3) is 4.54. The molecule has 0 aromatic carbocycles. The van der Waals surface area contributed by atoms with Crippen LogP contribution < -0.4 is 0 Å². The standard InChI is InChI=1S/C9H18Cl2O/c1-4-7(2)8(12)5-9(3,11)6-10/h7-8,12H,4-6H2,1-3H3. The topological polar surface area (TPSA) is 20.2 Å². The molecule has 0 saturated heterocycles. The Balaban J connectivity index is 3.90. The summed E-state index contributed by atoms with van der Waals surface area (Å²) in [5.74, 6) is 0.675. The van der Waals surface area contributed by atoms with E-state index in [-0.39, 0.29) is 6.10 Å². The summed E-state index contributed by atoms with van der Waals surface area (Å²) in [6, 6.07) is 0. The Morgan fingerprint density at radius 1 is 1.50 bits per heavy atom. The Morgan fingerprint density at radius 2 is 2.00 bits per heavy atom. The van der Waals surface area contributed by atoms with E-state index in [4.69, 9.17) is 23.2 Å².